The summed E-state index contributed by atoms with van der Waals surface area (Å²) in [7, 11) is 0. The first-order valence-electron chi connectivity index (χ1n) is 12.4. The SMILES string of the molecule is O=C(c1cccs1)C1C2C=Cc3ccccc3N2C(C(=O)c2ccc(Br)cc2)C12C(=O)Nc1ccccc12. The van der Waals surface area contributed by atoms with Crippen LogP contribution in [-0.4, -0.2) is 29.6 Å². The summed E-state index contributed by atoms with van der Waals surface area (Å²) in [5.74, 6) is -1.44. The molecule has 4 atom stereocenters. The minimum Gasteiger partial charge on any atom is -0.352 e. The zero-order valence-electron chi connectivity index (χ0n) is 20.0. The number of ketones is 2. The van der Waals surface area contributed by atoms with Gasteiger partial charge in [-0.1, -0.05) is 82.7 Å². The number of nitrogens with zero attached hydrogens (tertiary/aromatic N) is 1. The van der Waals surface area contributed by atoms with Crippen LogP contribution in [0.5, 0.6) is 0 Å². The summed E-state index contributed by atoms with van der Waals surface area (Å²) in [6, 6.07) is 24.7. The Hall–Kier alpha value is -3.81. The van der Waals surface area contributed by atoms with Crippen molar-refractivity contribution >= 4 is 62.2 Å². The van der Waals surface area contributed by atoms with Crippen LogP contribution >= 0.6 is 27.3 Å². The van der Waals surface area contributed by atoms with Gasteiger partial charge in [0, 0.05) is 21.4 Å². The number of hydrogen-bond donors (Lipinski definition) is 1. The van der Waals surface area contributed by atoms with Crippen molar-refractivity contribution in [3.8, 4) is 0 Å². The van der Waals surface area contributed by atoms with Gasteiger partial charge in [-0.2, -0.15) is 0 Å². The van der Waals surface area contributed by atoms with Crippen molar-refractivity contribution in [2.45, 2.75) is 17.5 Å². The highest BCUT2D eigenvalue weighted by Crippen LogP contribution is 2.58. The lowest BCUT2D eigenvalue weighted by Crippen LogP contribution is -2.55. The zero-order chi connectivity index (χ0) is 26.0. The third-order valence-electron chi connectivity index (χ3n) is 7.97. The molecule has 1 spiro atoms. The highest BCUT2D eigenvalue weighted by atomic mass is 79.9. The summed E-state index contributed by atoms with van der Waals surface area (Å²) in [4.78, 5) is 45.9. The first kappa shape index (κ1) is 23.3. The molecule has 186 valence electrons. The number of carbonyl (C=O) groups is 3. The molecule has 3 aliphatic rings. The minimum atomic E-state index is -1.42. The Kier molecular flexibility index (Phi) is 5.29. The summed E-state index contributed by atoms with van der Waals surface area (Å²) < 4.78 is 0.856. The van der Waals surface area contributed by atoms with Gasteiger partial charge >= 0.3 is 0 Å². The third kappa shape index (κ3) is 3.12. The first-order valence-corrected chi connectivity index (χ1v) is 14.0. The Morgan fingerprint density at radius 3 is 2.45 bits per heavy atom. The molecule has 3 aromatic carbocycles. The number of benzene rings is 3. The van der Waals surface area contributed by atoms with E-state index in [1.807, 2.05) is 89.2 Å². The van der Waals surface area contributed by atoms with Crippen molar-refractivity contribution in [3.63, 3.8) is 0 Å². The van der Waals surface area contributed by atoms with Gasteiger partial charge < -0.3 is 10.2 Å². The lowest BCUT2D eigenvalue weighted by atomic mass is 9.64. The largest absolute Gasteiger partial charge is 0.352 e. The van der Waals surface area contributed by atoms with Crippen LogP contribution in [0.15, 0.2) is 101 Å². The Bertz CT molecular complexity index is 1650. The van der Waals surface area contributed by atoms with E-state index in [0.717, 1.165) is 15.7 Å². The van der Waals surface area contributed by atoms with Crippen molar-refractivity contribution < 1.29 is 14.4 Å². The van der Waals surface area contributed by atoms with Crippen LogP contribution < -0.4 is 10.2 Å². The van der Waals surface area contributed by atoms with Gasteiger partial charge in [0.05, 0.1) is 16.8 Å². The molecule has 0 radical (unpaired) electrons. The molecule has 3 aliphatic heterocycles. The fourth-order valence-electron chi connectivity index (χ4n) is 6.48. The van der Waals surface area contributed by atoms with Gasteiger partial charge in [-0.25, -0.2) is 0 Å². The minimum absolute atomic E-state index is 0.128. The van der Waals surface area contributed by atoms with Gasteiger partial charge in [0.15, 0.2) is 11.6 Å². The molecule has 38 heavy (non-hydrogen) atoms. The number of fused-ring (bicyclic) bond motifs is 5. The van der Waals surface area contributed by atoms with Gasteiger partial charge in [-0.15, -0.1) is 11.3 Å². The Labute approximate surface area is 231 Å². The summed E-state index contributed by atoms with van der Waals surface area (Å²) in [5.41, 5.74) is 2.19. The molecule has 4 unspecified atom stereocenters. The normalized spacial score (nSPS) is 24.6. The Morgan fingerprint density at radius 1 is 0.895 bits per heavy atom. The monoisotopic (exact) mass is 580 g/mol. The quantitative estimate of drug-likeness (QED) is 0.285. The van der Waals surface area contributed by atoms with Crippen LogP contribution in [0.1, 0.15) is 31.2 Å². The molecule has 1 saturated heterocycles. The van der Waals surface area contributed by atoms with Crippen molar-refractivity contribution in [2.24, 2.45) is 5.92 Å². The van der Waals surface area contributed by atoms with Gasteiger partial charge in [-0.05, 0) is 46.8 Å². The van der Waals surface area contributed by atoms with Crippen LogP contribution in [0.3, 0.4) is 0 Å². The van der Waals surface area contributed by atoms with Crippen LogP contribution in [-0.2, 0) is 10.2 Å². The number of anilines is 2. The van der Waals surface area contributed by atoms with E-state index in [2.05, 4.69) is 21.2 Å². The second-order valence-electron chi connectivity index (χ2n) is 9.78. The second kappa shape index (κ2) is 8.61. The standard InChI is InChI=1S/C31H21BrN2O3S/c32-20-14-11-19(12-15-20)27(35)29-31(21-7-2-3-8-22(21)33-30(31)37)26(28(36)25-10-5-17-38-25)24-16-13-18-6-1-4-9-23(18)34(24)29/h1-17,24,26,29H,(H,33,37). The van der Waals surface area contributed by atoms with E-state index < -0.39 is 23.4 Å². The molecule has 1 fully saturated rings. The smallest absolute Gasteiger partial charge is 0.238 e. The number of para-hydroxylation sites is 2. The van der Waals surface area contributed by atoms with Gasteiger partial charge in [0.2, 0.25) is 5.91 Å². The maximum Gasteiger partial charge on any atom is 0.238 e. The van der Waals surface area contributed by atoms with E-state index in [-0.39, 0.29) is 17.5 Å². The lowest BCUT2D eigenvalue weighted by molar-refractivity contribution is -0.121. The fraction of sp³-hybridized carbons (Fsp3) is 0.129. The highest BCUT2D eigenvalue weighted by Gasteiger charge is 2.71. The number of halogens is 1. The molecular formula is C31H21BrN2O3S. The third-order valence-corrected chi connectivity index (χ3v) is 9.38. The van der Waals surface area contributed by atoms with Crippen molar-refractivity contribution in [1.29, 1.82) is 0 Å². The zero-order valence-corrected chi connectivity index (χ0v) is 22.4. The molecular weight excluding hydrogens is 560 g/mol. The number of carbonyl (C=O) groups excluding carboxylic acids is 3. The predicted octanol–water partition coefficient (Wildman–Crippen LogP) is 6.37. The number of hydrogen-bond acceptors (Lipinski definition) is 5. The molecule has 0 bridgehead atoms. The van der Waals surface area contributed by atoms with Crippen molar-refractivity contribution in [1.82, 2.24) is 0 Å². The van der Waals surface area contributed by atoms with E-state index in [4.69, 9.17) is 0 Å². The molecule has 1 aromatic heterocycles. The number of amides is 1. The molecule has 1 N–H and O–H groups in total. The summed E-state index contributed by atoms with van der Waals surface area (Å²) in [6.07, 6.45) is 3.99. The second-order valence-corrected chi connectivity index (χ2v) is 11.6. The van der Waals surface area contributed by atoms with Gasteiger partial charge in [0.1, 0.15) is 11.5 Å². The van der Waals surface area contributed by atoms with E-state index in [9.17, 15) is 14.4 Å². The van der Waals surface area contributed by atoms with Crippen molar-refractivity contribution in [2.75, 3.05) is 10.2 Å². The van der Waals surface area contributed by atoms with E-state index >= 15 is 0 Å². The van der Waals surface area contributed by atoms with Crippen molar-refractivity contribution in [3.05, 3.63) is 122 Å². The average Bonchev–Trinajstić information content (AvgIpc) is 3.65. The number of rotatable bonds is 4. The van der Waals surface area contributed by atoms with E-state index in [0.29, 0.717) is 21.7 Å². The van der Waals surface area contributed by atoms with Crippen LogP contribution in [0.2, 0.25) is 0 Å². The van der Waals surface area contributed by atoms with Gasteiger partial charge in [0.25, 0.3) is 0 Å². The van der Waals surface area contributed by atoms with Crippen LogP contribution in [0.4, 0.5) is 11.4 Å². The number of nitrogens with one attached hydrogen (secondary N) is 1. The molecule has 0 aliphatic carbocycles. The molecule has 1 amide bonds. The maximum absolute atomic E-state index is 14.6. The van der Waals surface area contributed by atoms with E-state index in [1.165, 1.54) is 11.3 Å². The Morgan fingerprint density at radius 2 is 1.66 bits per heavy atom. The molecule has 4 heterocycles. The summed E-state index contributed by atoms with van der Waals surface area (Å²) in [6.45, 7) is 0. The molecule has 7 heteroatoms. The maximum atomic E-state index is 14.6. The molecule has 7 rings (SSSR count). The number of thiophene rings is 1. The molecule has 0 saturated carbocycles. The highest BCUT2D eigenvalue weighted by molar-refractivity contribution is 9.10. The summed E-state index contributed by atoms with van der Waals surface area (Å²) >= 11 is 4.82. The van der Waals surface area contributed by atoms with E-state index in [1.54, 1.807) is 18.2 Å². The molecule has 4 aromatic rings. The van der Waals surface area contributed by atoms with Crippen LogP contribution in [0, 0.1) is 5.92 Å². The fourth-order valence-corrected chi connectivity index (χ4v) is 7.45. The average molecular weight is 581 g/mol. The lowest BCUT2D eigenvalue weighted by Gasteiger charge is -2.37. The first-order chi connectivity index (χ1) is 18.5. The Balaban J connectivity index is 1.55. The van der Waals surface area contributed by atoms with Crippen LogP contribution in [0.25, 0.3) is 6.08 Å². The number of Topliss-reactive ketones (excluding diaryl/α,β-unsaturated/α-hetero) is 2. The molecule has 5 nitrogen and oxygen atoms in total. The predicted molar refractivity (Wildman–Crippen MR) is 153 cm³/mol. The van der Waals surface area contributed by atoms with Gasteiger partial charge in [-0.3, -0.25) is 14.4 Å². The topological polar surface area (TPSA) is 66.5 Å². The summed E-state index contributed by atoms with van der Waals surface area (Å²) in [5, 5.41) is 4.91.